The van der Waals surface area contributed by atoms with Crippen molar-refractivity contribution in [3.05, 3.63) is 199 Å². The van der Waals surface area contributed by atoms with Crippen molar-refractivity contribution in [1.82, 2.24) is 80.7 Å². The molecular weight excluding hydrogens is 1350 g/mol. The van der Waals surface area contributed by atoms with Gasteiger partial charge in [-0.2, -0.15) is 40.3 Å². The minimum atomic E-state index is -0.983. The van der Waals surface area contributed by atoms with E-state index in [1.165, 1.54) is 23.5 Å². The SMILES string of the molecule is C=CCC(Nc1nc(Nc2ccc3[nH]ncc3c2)c2sccc2n1)C(=O)O.C=CCNc1nc(Nc2ccc3[nH]ncc3c2)c2sccc2n1.Fc1ccc(Nc2nc(Nc3ccc4[nH]ncc4c3)c3sccc3n2)cc1.OCCNc1nc(Nc2ccc3[nH]ncc3c2)c2sccc2n1. The molecule has 100 heavy (non-hydrogen) atoms. The van der Waals surface area contributed by atoms with Crippen molar-refractivity contribution >= 4 is 211 Å². The van der Waals surface area contributed by atoms with Gasteiger partial charge in [0.15, 0.2) is 23.3 Å². The number of aliphatic carboxylic acids is 1. The highest BCUT2D eigenvalue weighted by molar-refractivity contribution is 7.18. The molecule has 32 heteroatoms. The van der Waals surface area contributed by atoms with Crippen molar-refractivity contribution in [2.75, 3.05) is 62.2 Å². The topological polar surface area (TPSA) is 372 Å². The molecular formula is C68H57FN24O3S4. The minimum absolute atomic E-state index is 0.0327. The molecule has 0 saturated carbocycles. The Hall–Kier alpha value is -12.6. The molecule has 0 bridgehead atoms. The molecule has 12 aromatic heterocycles. The van der Waals surface area contributed by atoms with Crippen LogP contribution in [0, 0.1) is 5.82 Å². The fourth-order valence-corrected chi connectivity index (χ4v) is 13.3. The van der Waals surface area contributed by atoms with E-state index in [0.717, 1.165) is 125 Å². The Kier molecular flexibility index (Phi) is 19.3. The number of halogens is 1. The smallest absolute Gasteiger partial charge is 0.326 e. The lowest BCUT2D eigenvalue weighted by atomic mass is 10.2. The molecule has 0 saturated heterocycles. The molecule has 27 nitrogen and oxygen atoms in total. The Balaban J connectivity index is 0.000000114. The summed E-state index contributed by atoms with van der Waals surface area (Å²) in [7, 11) is 0. The summed E-state index contributed by atoms with van der Waals surface area (Å²) in [6, 6.07) is 36.8. The van der Waals surface area contributed by atoms with Crippen molar-refractivity contribution in [2.24, 2.45) is 0 Å². The zero-order valence-corrected chi connectivity index (χ0v) is 55.6. The lowest BCUT2D eigenvalue weighted by Crippen LogP contribution is -2.29. The summed E-state index contributed by atoms with van der Waals surface area (Å²) >= 11 is 6.29. The molecule has 17 aromatic rings. The van der Waals surface area contributed by atoms with E-state index in [9.17, 15) is 14.3 Å². The van der Waals surface area contributed by atoms with E-state index in [0.29, 0.717) is 42.6 Å². The molecule has 0 fully saturated rings. The van der Waals surface area contributed by atoms with Gasteiger partial charge < -0.3 is 52.7 Å². The number of H-pyrrole nitrogens is 4. The van der Waals surface area contributed by atoms with Crippen LogP contribution in [0.15, 0.2) is 193 Å². The number of hydrogen-bond donors (Lipinski definition) is 14. The highest BCUT2D eigenvalue weighted by Gasteiger charge is 2.20. The molecule has 0 aliphatic rings. The van der Waals surface area contributed by atoms with Gasteiger partial charge in [-0.15, -0.1) is 58.5 Å². The van der Waals surface area contributed by atoms with E-state index in [-0.39, 0.29) is 24.8 Å². The first-order valence-corrected chi connectivity index (χ1v) is 34.2. The molecule has 12 heterocycles. The number of rotatable bonds is 21. The summed E-state index contributed by atoms with van der Waals surface area (Å²) in [6.07, 6.45) is 10.7. The third kappa shape index (κ3) is 15.1. The summed E-state index contributed by atoms with van der Waals surface area (Å²) in [5.41, 5.74) is 11.7. The standard InChI is InChI=1S/C19H13FN6S.C18H16N6O2S.C16H14N6S.C15H14N6OS/c20-12-1-3-13(4-2-12)23-19-24-16-7-8-27-17(16)18(25-19)22-14-5-6-15-11(9-14)10-21-26-15;1-2-3-14(17(25)26)22-18-21-13-6-7-27-15(13)16(23-18)20-11-4-5-12-10(8-11)9-19-24-12;1-2-6-17-16-20-13-5-7-23-14(13)15(21-16)19-11-3-4-12-10(8-11)9-18-22-12;22-5-4-16-15-19-12-3-6-23-13(12)14(20-15)18-10-1-2-11-9(7-10)8-17-21-11/h1-10H,(H,21,26)(H2,22,23,24,25);2,4-9,14H,1,3H2,(H,19,24)(H,25,26)(H2,20,21,22,23);2-5,7-9H,1,6H2,(H,18,22)(H2,17,19,20,21);1-3,6-8,22H,4-5H2,(H,17,21)(H2,16,18,19,20). The molecule has 17 rings (SSSR count). The first kappa shape index (κ1) is 64.7. The monoisotopic (exact) mass is 1400 g/mol. The van der Waals surface area contributed by atoms with Gasteiger partial charge in [0.1, 0.15) is 11.9 Å². The van der Waals surface area contributed by atoms with E-state index in [1.807, 2.05) is 119 Å². The largest absolute Gasteiger partial charge is 0.480 e. The number of aliphatic hydroxyl groups excluding tert-OH is 1. The van der Waals surface area contributed by atoms with E-state index >= 15 is 0 Å². The van der Waals surface area contributed by atoms with Gasteiger partial charge in [-0.3, -0.25) is 20.4 Å². The molecule has 5 aromatic carbocycles. The maximum absolute atomic E-state index is 13.1. The molecule has 1 atom stereocenters. The number of aliphatic hydroxyl groups is 1. The predicted octanol–water partition coefficient (Wildman–Crippen LogP) is 15.6. The summed E-state index contributed by atoms with van der Waals surface area (Å²) in [5, 5.41) is 83.7. The lowest BCUT2D eigenvalue weighted by molar-refractivity contribution is -0.137. The van der Waals surface area contributed by atoms with Crippen LogP contribution in [0.2, 0.25) is 0 Å². The first-order valence-electron chi connectivity index (χ1n) is 30.7. The first-order chi connectivity index (χ1) is 49.0. The number of carbonyl (C=O) groups is 1. The average Bonchev–Trinajstić information content (AvgIpc) is 1.57. The van der Waals surface area contributed by atoms with Gasteiger partial charge >= 0.3 is 5.97 Å². The van der Waals surface area contributed by atoms with Gasteiger partial charge in [-0.1, -0.05) is 12.2 Å². The van der Waals surface area contributed by atoms with Crippen LogP contribution >= 0.6 is 45.3 Å². The quantitative estimate of drug-likeness (QED) is 0.0297. The minimum Gasteiger partial charge on any atom is -0.480 e. The van der Waals surface area contributed by atoms with Gasteiger partial charge in [0.2, 0.25) is 23.8 Å². The van der Waals surface area contributed by atoms with Crippen molar-refractivity contribution in [2.45, 2.75) is 12.5 Å². The molecule has 0 radical (unpaired) electrons. The molecule has 0 aliphatic heterocycles. The fraction of sp³-hybridized carbons (Fsp3) is 0.0735. The number of carboxylic acid groups (broad SMARTS) is 1. The van der Waals surface area contributed by atoms with Crippen LogP contribution in [-0.2, 0) is 4.79 Å². The van der Waals surface area contributed by atoms with Crippen LogP contribution in [0.5, 0.6) is 0 Å². The Morgan fingerprint density at radius 2 is 0.810 bits per heavy atom. The van der Waals surface area contributed by atoms with E-state index in [1.54, 1.807) is 83.1 Å². The fourth-order valence-electron chi connectivity index (χ4n) is 10.2. The van der Waals surface area contributed by atoms with E-state index in [2.05, 4.69) is 136 Å². The summed E-state index contributed by atoms with van der Waals surface area (Å²) in [4.78, 5) is 47.5. The summed E-state index contributed by atoms with van der Waals surface area (Å²) in [6.45, 7) is 8.37. The van der Waals surface area contributed by atoms with Crippen molar-refractivity contribution in [3.63, 3.8) is 0 Å². The second-order valence-corrected chi connectivity index (χ2v) is 25.5. The predicted molar refractivity (Wildman–Crippen MR) is 401 cm³/mol. The molecule has 14 N–H and O–H groups in total. The van der Waals surface area contributed by atoms with Crippen LogP contribution in [0.4, 0.5) is 79.9 Å². The number of nitrogens with one attached hydrogen (secondary N) is 12. The summed E-state index contributed by atoms with van der Waals surface area (Å²) < 4.78 is 17.0. The number of aromatic amines is 4. The summed E-state index contributed by atoms with van der Waals surface area (Å²) in [5.74, 6) is 3.37. The highest BCUT2D eigenvalue weighted by Crippen LogP contribution is 2.36. The van der Waals surface area contributed by atoms with Gasteiger partial charge in [-0.25, -0.2) is 29.1 Å². The van der Waals surface area contributed by atoms with Gasteiger partial charge in [0.25, 0.3) is 0 Å². The molecule has 0 aliphatic carbocycles. The average molecular weight is 1410 g/mol. The molecule has 0 spiro atoms. The molecule has 498 valence electrons. The molecule has 1 unspecified atom stereocenters. The second kappa shape index (κ2) is 29.8. The Morgan fingerprint density at radius 3 is 1.19 bits per heavy atom. The van der Waals surface area contributed by atoms with Crippen molar-refractivity contribution < 1.29 is 19.4 Å². The second-order valence-electron chi connectivity index (χ2n) is 21.8. The number of anilines is 13. The number of fused-ring (bicyclic) bond motifs is 8. The third-order valence-electron chi connectivity index (χ3n) is 14.9. The van der Waals surface area contributed by atoms with Crippen LogP contribution in [0.25, 0.3) is 84.5 Å². The van der Waals surface area contributed by atoms with Crippen LogP contribution in [-0.4, -0.2) is 123 Å². The Labute approximate surface area is 581 Å². The number of thiophene rings is 4. The van der Waals surface area contributed by atoms with Crippen molar-refractivity contribution in [1.29, 1.82) is 0 Å². The van der Waals surface area contributed by atoms with E-state index in [4.69, 9.17) is 5.11 Å². The third-order valence-corrected chi connectivity index (χ3v) is 18.6. The molecule has 0 amide bonds. The van der Waals surface area contributed by atoms with Crippen LogP contribution < -0.4 is 42.5 Å². The normalized spacial score (nSPS) is 11.4. The number of hydrogen-bond acceptors (Lipinski definition) is 26. The maximum Gasteiger partial charge on any atom is 0.326 e. The highest BCUT2D eigenvalue weighted by atomic mass is 32.1. The maximum atomic E-state index is 13.1. The van der Waals surface area contributed by atoms with Gasteiger partial charge in [0, 0.05) is 63.1 Å². The van der Waals surface area contributed by atoms with Crippen LogP contribution in [0.1, 0.15) is 6.42 Å². The van der Waals surface area contributed by atoms with Crippen LogP contribution in [0.3, 0.4) is 0 Å². The zero-order chi connectivity index (χ0) is 68.3. The number of benzene rings is 5. The van der Waals surface area contributed by atoms with Gasteiger partial charge in [0.05, 0.1) is 94.3 Å². The Bertz CT molecular complexity index is 5730. The number of aromatic nitrogens is 16. The van der Waals surface area contributed by atoms with Crippen molar-refractivity contribution in [3.8, 4) is 0 Å². The zero-order valence-electron chi connectivity index (χ0n) is 52.3. The number of carboxylic acids is 1. The van der Waals surface area contributed by atoms with E-state index < -0.39 is 12.0 Å². The van der Waals surface area contributed by atoms with Gasteiger partial charge in [-0.05, 0) is 149 Å². The Morgan fingerprint density at radius 1 is 0.450 bits per heavy atom. The lowest BCUT2D eigenvalue weighted by Gasteiger charge is -2.14. The number of nitrogens with zero attached hydrogens (tertiary/aromatic N) is 12.